The van der Waals surface area contributed by atoms with Gasteiger partial charge in [0.05, 0.1) is 23.3 Å². The number of nitrogens with one attached hydrogen (secondary N) is 1. The van der Waals surface area contributed by atoms with E-state index in [9.17, 15) is 22.4 Å². The smallest absolute Gasteiger partial charge is 0.318 e. The maximum absolute atomic E-state index is 13.4. The van der Waals surface area contributed by atoms with Gasteiger partial charge in [-0.25, -0.2) is 27.3 Å². The Balaban J connectivity index is 1.56. The van der Waals surface area contributed by atoms with Crippen LogP contribution in [0.15, 0.2) is 36.4 Å². The lowest BCUT2D eigenvalue weighted by atomic mass is 10.2. The first-order valence-electron chi connectivity index (χ1n) is 8.11. The monoisotopic (exact) mass is 395 g/mol. The Kier molecular flexibility index (Phi) is 4.47. The zero-order valence-corrected chi connectivity index (χ0v) is 14.6. The van der Waals surface area contributed by atoms with E-state index in [0.717, 1.165) is 21.7 Å². The number of urea groups is 1. The summed E-state index contributed by atoms with van der Waals surface area (Å²) in [5.41, 5.74) is 1.43. The number of anilines is 1. The fraction of sp³-hybridized carbons (Fsp3) is 0.222. The molecule has 1 N–H and O–H groups in total. The third-order valence-electron chi connectivity index (χ3n) is 4.27. The topological polar surface area (TPSA) is 45.2 Å². The number of benzene rings is 2. The highest BCUT2D eigenvalue weighted by molar-refractivity contribution is 7.21. The minimum atomic E-state index is -1.67. The fourth-order valence-corrected chi connectivity index (χ4v) is 3.79. The molecule has 1 fully saturated rings. The summed E-state index contributed by atoms with van der Waals surface area (Å²) in [6.45, 7) is -0.571. The van der Waals surface area contributed by atoms with E-state index in [1.807, 2.05) is 0 Å². The summed E-state index contributed by atoms with van der Waals surface area (Å²) in [5, 5.41) is 3.10. The molecule has 0 bridgehead atoms. The van der Waals surface area contributed by atoms with Crippen molar-refractivity contribution >= 4 is 33.3 Å². The lowest BCUT2D eigenvalue weighted by Crippen LogP contribution is -2.33. The van der Waals surface area contributed by atoms with Crippen molar-refractivity contribution in [2.75, 3.05) is 18.4 Å². The van der Waals surface area contributed by atoms with Crippen LogP contribution in [0.2, 0.25) is 0 Å². The third kappa shape index (κ3) is 3.46. The number of carbonyl (C=O) groups excluding carboxylic acids is 1. The number of thiazole rings is 1. The molecule has 2 heterocycles. The van der Waals surface area contributed by atoms with Gasteiger partial charge in [-0.3, -0.25) is 0 Å². The minimum Gasteiger partial charge on any atom is -0.318 e. The molecule has 1 saturated heterocycles. The summed E-state index contributed by atoms with van der Waals surface area (Å²) >= 11 is 1.30. The highest BCUT2D eigenvalue weighted by atomic mass is 32.1. The molecule has 9 heteroatoms. The van der Waals surface area contributed by atoms with Gasteiger partial charge in [0.25, 0.3) is 0 Å². The van der Waals surface area contributed by atoms with Crippen LogP contribution in [-0.2, 0) is 0 Å². The second kappa shape index (κ2) is 6.80. The molecule has 1 aromatic heterocycles. The van der Waals surface area contributed by atoms with Gasteiger partial charge in [0, 0.05) is 11.3 Å². The summed E-state index contributed by atoms with van der Waals surface area (Å²) in [6.07, 6.45) is -3.34. The molecular weight excluding hydrogens is 382 g/mol. The Morgan fingerprint density at radius 3 is 2.52 bits per heavy atom. The Labute approximate surface area is 155 Å². The van der Waals surface area contributed by atoms with Gasteiger partial charge >= 0.3 is 6.03 Å². The molecule has 0 aliphatic carbocycles. The van der Waals surface area contributed by atoms with Gasteiger partial charge in [-0.05, 0) is 36.4 Å². The fourth-order valence-electron chi connectivity index (χ4n) is 2.85. The van der Waals surface area contributed by atoms with Crippen molar-refractivity contribution in [3.8, 4) is 10.6 Å². The summed E-state index contributed by atoms with van der Waals surface area (Å²) < 4.78 is 53.8. The number of halogens is 4. The molecule has 4 nitrogen and oxygen atoms in total. The standard InChI is InChI=1S/C18H13F4N3OS/c19-11-3-1-9(5-12(11)20)17-24-15-6-10(2-4-16(15)27-17)23-18(26)25-7-13(21)14(22)8-25/h1-6,13-14H,7-8H2,(H,23,26)/t13-,14+. The Hall–Kier alpha value is -2.68. The van der Waals surface area contributed by atoms with Crippen molar-refractivity contribution in [2.45, 2.75) is 12.3 Å². The van der Waals surface area contributed by atoms with Crippen LogP contribution in [0.25, 0.3) is 20.8 Å². The zero-order chi connectivity index (χ0) is 19.1. The number of alkyl halides is 2. The highest BCUT2D eigenvalue weighted by Crippen LogP contribution is 2.32. The van der Waals surface area contributed by atoms with Crippen molar-refractivity contribution in [2.24, 2.45) is 0 Å². The Morgan fingerprint density at radius 1 is 1.07 bits per heavy atom. The molecule has 0 saturated carbocycles. The summed E-state index contributed by atoms with van der Waals surface area (Å²) in [4.78, 5) is 17.6. The van der Waals surface area contributed by atoms with Gasteiger partial charge in [0.2, 0.25) is 0 Å². The van der Waals surface area contributed by atoms with Gasteiger partial charge < -0.3 is 10.2 Å². The Bertz CT molecular complexity index is 1020. The SMILES string of the molecule is O=C(Nc1ccc2sc(-c3ccc(F)c(F)c3)nc2c1)N1C[C@@H](F)[C@@H](F)C1. The van der Waals surface area contributed by atoms with Crippen LogP contribution in [0.3, 0.4) is 0 Å². The predicted octanol–water partition coefficient (Wildman–Crippen LogP) is 4.77. The molecule has 4 rings (SSSR count). The van der Waals surface area contributed by atoms with Crippen LogP contribution < -0.4 is 5.32 Å². The first-order valence-corrected chi connectivity index (χ1v) is 8.92. The van der Waals surface area contributed by atoms with Crippen LogP contribution in [0.4, 0.5) is 28.0 Å². The second-order valence-corrected chi connectivity index (χ2v) is 7.23. The average molecular weight is 395 g/mol. The van der Waals surface area contributed by atoms with Crippen molar-refractivity contribution in [3.63, 3.8) is 0 Å². The van der Waals surface area contributed by atoms with Gasteiger partial charge in [-0.2, -0.15) is 0 Å². The van der Waals surface area contributed by atoms with E-state index in [1.54, 1.807) is 18.2 Å². The molecule has 140 valence electrons. The summed E-state index contributed by atoms with van der Waals surface area (Å²) in [5.74, 6) is -1.89. The number of carbonyl (C=O) groups is 1. The molecule has 2 atom stereocenters. The van der Waals surface area contributed by atoms with Gasteiger partial charge in [0.15, 0.2) is 24.0 Å². The maximum Gasteiger partial charge on any atom is 0.322 e. The molecule has 1 aliphatic rings. The molecule has 1 aliphatic heterocycles. The van der Waals surface area contributed by atoms with Gasteiger partial charge in [-0.15, -0.1) is 11.3 Å². The van der Waals surface area contributed by atoms with E-state index in [0.29, 0.717) is 21.8 Å². The number of aromatic nitrogens is 1. The lowest BCUT2D eigenvalue weighted by molar-refractivity contribution is 0.217. The summed E-state index contributed by atoms with van der Waals surface area (Å²) in [6, 6.07) is 7.94. The van der Waals surface area contributed by atoms with Crippen LogP contribution >= 0.6 is 11.3 Å². The van der Waals surface area contributed by atoms with E-state index in [-0.39, 0.29) is 13.1 Å². The molecule has 0 spiro atoms. The third-order valence-corrected chi connectivity index (χ3v) is 5.36. The highest BCUT2D eigenvalue weighted by Gasteiger charge is 2.35. The van der Waals surface area contributed by atoms with Crippen LogP contribution in [0.5, 0.6) is 0 Å². The van der Waals surface area contributed by atoms with Crippen molar-refractivity contribution < 1.29 is 22.4 Å². The number of fused-ring (bicyclic) bond motifs is 1. The first kappa shape index (κ1) is 17.7. The molecule has 0 unspecified atom stereocenters. The molecule has 3 aromatic rings. The van der Waals surface area contributed by atoms with Gasteiger partial charge in [-0.1, -0.05) is 0 Å². The number of amides is 2. The summed E-state index contributed by atoms with van der Waals surface area (Å²) in [7, 11) is 0. The normalized spacial score (nSPS) is 19.6. The Morgan fingerprint density at radius 2 is 1.81 bits per heavy atom. The van der Waals surface area contributed by atoms with Crippen LogP contribution in [0, 0.1) is 11.6 Å². The van der Waals surface area contributed by atoms with E-state index in [1.165, 1.54) is 17.4 Å². The second-order valence-electron chi connectivity index (χ2n) is 6.20. The number of likely N-dealkylation sites (tertiary alicyclic amines) is 1. The quantitative estimate of drug-likeness (QED) is 0.636. The number of nitrogens with zero attached hydrogens (tertiary/aromatic N) is 2. The number of hydrogen-bond donors (Lipinski definition) is 1. The zero-order valence-electron chi connectivity index (χ0n) is 13.8. The molecule has 2 aromatic carbocycles. The molecule has 2 amide bonds. The van der Waals surface area contributed by atoms with E-state index < -0.39 is 30.0 Å². The number of hydrogen-bond acceptors (Lipinski definition) is 3. The van der Waals surface area contributed by atoms with Crippen LogP contribution in [-0.4, -0.2) is 41.3 Å². The van der Waals surface area contributed by atoms with E-state index >= 15 is 0 Å². The van der Waals surface area contributed by atoms with Crippen LogP contribution in [0.1, 0.15) is 0 Å². The maximum atomic E-state index is 13.4. The average Bonchev–Trinajstić information content (AvgIpc) is 3.20. The van der Waals surface area contributed by atoms with E-state index in [4.69, 9.17) is 0 Å². The van der Waals surface area contributed by atoms with Crippen molar-refractivity contribution in [3.05, 3.63) is 48.0 Å². The minimum absolute atomic E-state index is 0.285. The molecular formula is C18H13F4N3OS. The molecule has 27 heavy (non-hydrogen) atoms. The van der Waals surface area contributed by atoms with E-state index in [2.05, 4.69) is 10.3 Å². The first-order chi connectivity index (χ1) is 12.9. The largest absolute Gasteiger partial charge is 0.322 e. The predicted molar refractivity (Wildman–Crippen MR) is 95.4 cm³/mol. The number of rotatable bonds is 2. The molecule has 0 radical (unpaired) electrons. The van der Waals surface area contributed by atoms with Gasteiger partial charge in [0.1, 0.15) is 5.01 Å². The van der Waals surface area contributed by atoms with Crippen molar-refractivity contribution in [1.82, 2.24) is 9.88 Å². The lowest BCUT2D eigenvalue weighted by Gasteiger charge is -2.15. The van der Waals surface area contributed by atoms with Crippen molar-refractivity contribution in [1.29, 1.82) is 0 Å².